The third kappa shape index (κ3) is 4.77. The Kier molecular flexibility index (Phi) is 6.50. The Balaban J connectivity index is 1.33. The molecule has 1 aromatic carbocycles. The van der Waals surface area contributed by atoms with Gasteiger partial charge in [0.25, 0.3) is 0 Å². The lowest BCUT2D eigenvalue weighted by molar-refractivity contribution is 0.209. The molecule has 0 aliphatic carbocycles. The fraction of sp³-hybridized carbons (Fsp3) is 0.346. The smallest absolute Gasteiger partial charge is 0.170 e. The zero-order valence-electron chi connectivity index (χ0n) is 20.3. The summed E-state index contributed by atoms with van der Waals surface area (Å²) in [7, 11) is 1.54. The first-order valence-electron chi connectivity index (χ1n) is 11.9. The van der Waals surface area contributed by atoms with Gasteiger partial charge in [-0.1, -0.05) is 6.07 Å². The summed E-state index contributed by atoms with van der Waals surface area (Å²) < 4.78 is 20.7. The number of methoxy groups -OCH3 is 1. The number of anilines is 2. The number of ether oxygens (including phenoxy) is 1. The Labute approximate surface area is 204 Å². The van der Waals surface area contributed by atoms with Crippen LogP contribution >= 0.6 is 0 Å². The van der Waals surface area contributed by atoms with Crippen molar-refractivity contribution in [1.29, 1.82) is 0 Å². The van der Waals surface area contributed by atoms with E-state index in [1.54, 1.807) is 12.4 Å². The van der Waals surface area contributed by atoms with Crippen LogP contribution in [0.2, 0.25) is 0 Å². The molecule has 1 N–H and O–H groups in total. The summed E-state index contributed by atoms with van der Waals surface area (Å²) in [6.07, 6.45) is 3.59. The quantitative estimate of drug-likeness (QED) is 0.432. The predicted molar refractivity (Wildman–Crippen MR) is 135 cm³/mol. The SMILES string of the molecule is COc1cc(F)ccc1CNc1ccc(-c2ccc(N3CCN(C(C)C)CC3)nc2)c2nncn12. The van der Waals surface area contributed by atoms with E-state index >= 15 is 0 Å². The maximum Gasteiger partial charge on any atom is 0.170 e. The van der Waals surface area contributed by atoms with Gasteiger partial charge in [-0.05, 0) is 44.2 Å². The van der Waals surface area contributed by atoms with Crippen molar-refractivity contribution < 1.29 is 9.13 Å². The van der Waals surface area contributed by atoms with E-state index in [0.29, 0.717) is 18.3 Å². The standard InChI is InChI=1S/C26H30FN7O/c1-18(2)32-10-12-33(13-11-32)24-8-5-19(15-28-24)22-7-9-25(34-17-30-31-26(22)34)29-16-20-4-6-21(27)14-23(20)35-3/h4-9,14-15,17-18,29H,10-13,16H2,1-3H3. The second-order valence-corrected chi connectivity index (χ2v) is 8.99. The molecule has 0 atom stereocenters. The molecule has 1 saturated heterocycles. The molecule has 182 valence electrons. The molecule has 9 heteroatoms. The van der Waals surface area contributed by atoms with Crippen molar-refractivity contribution in [1.82, 2.24) is 24.5 Å². The monoisotopic (exact) mass is 475 g/mol. The molecule has 0 unspecified atom stereocenters. The van der Waals surface area contributed by atoms with Crippen LogP contribution in [-0.4, -0.2) is 63.8 Å². The summed E-state index contributed by atoms with van der Waals surface area (Å²) >= 11 is 0. The lowest BCUT2D eigenvalue weighted by atomic mass is 10.1. The van der Waals surface area contributed by atoms with Crippen molar-refractivity contribution in [2.45, 2.75) is 26.4 Å². The van der Waals surface area contributed by atoms with E-state index in [-0.39, 0.29) is 5.82 Å². The molecule has 35 heavy (non-hydrogen) atoms. The van der Waals surface area contributed by atoms with Crippen LogP contribution in [0, 0.1) is 5.82 Å². The van der Waals surface area contributed by atoms with Crippen molar-refractivity contribution >= 4 is 17.3 Å². The molecule has 1 fully saturated rings. The molecule has 4 aromatic rings. The van der Waals surface area contributed by atoms with Crippen molar-refractivity contribution in [2.24, 2.45) is 0 Å². The van der Waals surface area contributed by atoms with E-state index in [4.69, 9.17) is 9.72 Å². The van der Waals surface area contributed by atoms with Gasteiger partial charge in [0.2, 0.25) is 0 Å². The first-order chi connectivity index (χ1) is 17.0. The normalized spacial score (nSPS) is 14.6. The second-order valence-electron chi connectivity index (χ2n) is 8.99. The fourth-order valence-electron chi connectivity index (χ4n) is 4.53. The number of piperazine rings is 1. The van der Waals surface area contributed by atoms with Crippen LogP contribution in [0.25, 0.3) is 16.8 Å². The van der Waals surface area contributed by atoms with E-state index in [9.17, 15) is 4.39 Å². The summed E-state index contributed by atoms with van der Waals surface area (Å²) in [6.45, 7) is 9.04. The zero-order chi connectivity index (χ0) is 24.4. The zero-order valence-corrected chi connectivity index (χ0v) is 20.3. The molecular weight excluding hydrogens is 445 g/mol. The topological polar surface area (TPSA) is 70.8 Å². The minimum Gasteiger partial charge on any atom is -0.496 e. The average molecular weight is 476 g/mol. The highest BCUT2D eigenvalue weighted by atomic mass is 19.1. The highest BCUT2D eigenvalue weighted by Gasteiger charge is 2.20. The van der Waals surface area contributed by atoms with Gasteiger partial charge in [0.15, 0.2) is 5.65 Å². The van der Waals surface area contributed by atoms with Gasteiger partial charge >= 0.3 is 0 Å². The van der Waals surface area contributed by atoms with Crippen LogP contribution in [-0.2, 0) is 6.54 Å². The van der Waals surface area contributed by atoms with Crippen molar-refractivity contribution in [3.05, 3.63) is 66.4 Å². The van der Waals surface area contributed by atoms with Gasteiger partial charge in [0, 0.05) is 67.7 Å². The van der Waals surface area contributed by atoms with Gasteiger partial charge in [-0.25, -0.2) is 9.37 Å². The highest BCUT2D eigenvalue weighted by molar-refractivity contribution is 5.79. The minimum atomic E-state index is -0.325. The third-order valence-corrected chi connectivity index (χ3v) is 6.59. The van der Waals surface area contributed by atoms with E-state index < -0.39 is 0 Å². The second kappa shape index (κ2) is 9.87. The third-order valence-electron chi connectivity index (χ3n) is 6.59. The number of nitrogens with one attached hydrogen (secondary N) is 1. The van der Waals surface area contributed by atoms with Crippen LogP contribution in [0.5, 0.6) is 5.75 Å². The van der Waals surface area contributed by atoms with Gasteiger partial charge in [0.05, 0.1) is 7.11 Å². The molecule has 1 aliphatic heterocycles. The number of nitrogens with zero attached hydrogens (tertiary/aromatic N) is 6. The maximum atomic E-state index is 13.5. The van der Waals surface area contributed by atoms with Crippen LogP contribution in [0.4, 0.5) is 16.0 Å². The van der Waals surface area contributed by atoms with Crippen LogP contribution < -0.4 is 15.0 Å². The maximum absolute atomic E-state index is 13.5. The summed E-state index contributed by atoms with van der Waals surface area (Å²) in [5.41, 5.74) is 3.53. The van der Waals surface area contributed by atoms with Crippen molar-refractivity contribution in [3.8, 4) is 16.9 Å². The number of rotatable bonds is 7. The Morgan fingerprint density at radius 2 is 1.89 bits per heavy atom. The molecule has 5 rings (SSSR count). The Morgan fingerprint density at radius 1 is 1.06 bits per heavy atom. The van der Waals surface area contributed by atoms with Gasteiger partial charge in [-0.15, -0.1) is 10.2 Å². The molecule has 0 saturated carbocycles. The Morgan fingerprint density at radius 3 is 2.60 bits per heavy atom. The Bertz CT molecular complexity index is 1300. The molecule has 1 aliphatic rings. The number of halogens is 1. The number of fused-ring (bicyclic) bond motifs is 1. The molecule has 8 nitrogen and oxygen atoms in total. The largest absolute Gasteiger partial charge is 0.496 e. The summed E-state index contributed by atoms with van der Waals surface area (Å²) in [5, 5.41) is 11.9. The minimum absolute atomic E-state index is 0.325. The lowest BCUT2D eigenvalue weighted by Crippen LogP contribution is -2.49. The van der Waals surface area contributed by atoms with Crippen LogP contribution in [0.3, 0.4) is 0 Å². The molecular formula is C26H30FN7O. The van der Waals surface area contributed by atoms with E-state index in [1.165, 1.54) is 19.2 Å². The van der Waals surface area contributed by atoms with Gasteiger partial charge in [-0.3, -0.25) is 9.30 Å². The van der Waals surface area contributed by atoms with E-state index in [1.807, 2.05) is 22.7 Å². The molecule has 0 radical (unpaired) electrons. The van der Waals surface area contributed by atoms with Gasteiger partial charge < -0.3 is 15.0 Å². The molecule has 0 amide bonds. The molecule has 3 aromatic heterocycles. The van der Waals surface area contributed by atoms with E-state index in [0.717, 1.165) is 60.2 Å². The summed E-state index contributed by atoms with van der Waals surface area (Å²) in [5.74, 6) is 2.01. The number of hydrogen-bond acceptors (Lipinski definition) is 7. The number of benzene rings is 1. The fourth-order valence-corrected chi connectivity index (χ4v) is 4.53. The molecule has 4 heterocycles. The molecule has 0 spiro atoms. The van der Waals surface area contributed by atoms with Crippen molar-refractivity contribution in [3.63, 3.8) is 0 Å². The lowest BCUT2D eigenvalue weighted by Gasteiger charge is -2.37. The average Bonchev–Trinajstić information content (AvgIpc) is 3.38. The van der Waals surface area contributed by atoms with Gasteiger partial charge in [-0.2, -0.15) is 0 Å². The number of aromatic nitrogens is 4. The number of hydrogen-bond donors (Lipinski definition) is 1. The van der Waals surface area contributed by atoms with E-state index in [2.05, 4.69) is 51.3 Å². The Hall–Kier alpha value is -3.72. The highest BCUT2D eigenvalue weighted by Crippen LogP contribution is 2.28. The van der Waals surface area contributed by atoms with Crippen LogP contribution in [0.1, 0.15) is 19.4 Å². The van der Waals surface area contributed by atoms with Gasteiger partial charge in [0.1, 0.15) is 29.5 Å². The number of pyridine rings is 2. The van der Waals surface area contributed by atoms with Crippen LogP contribution in [0.15, 0.2) is 55.0 Å². The summed E-state index contributed by atoms with van der Waals surface area (Å²) in [6, 6.07) is 13.3. The van der Waals surface area contributed by atoms with Crippen molar-refractivity contribution in [2.75, 3.05) is 43.5 Å². The predicted octanol–water partition coefficient (Wildman–Crippen LogP) is 4.08. The first-order valence-corrected chi connectivity index (χ1v) is 11.9. The first kappa shape index (κ1) is 23.0. The summed E-state index contributed by atoms with van der Waals surface area (Å²) in [4.78, 5) is 9.59. The molecule has 0 bridgehead atoms.